The summed E-state index contributed by atoms with van der Waals surface area (Å²) >= 11 is 17.3. The summed E-state index contributed by atoms with van der Waals surface area (Å²) in [5.41, 5.74) is 4.96. The molecular weight excluding hydrogens is 501 g/mol. The van der Waals surface area contributed by atoms with Crippen molar-refractivity contribution >= 4 is 69.3 Å². The van der Waals surface area contributed by atoms with Crippen molar-refractivity contribution < 1.29 is 9.21 Å². The molecule has 1 aromatic heterocycles. The zero-order valence-corrected chi connectivity index (χ0v) is 21.5. The number of fused-ring (bicyclic) bond motifs is 1. The third-order valence-electron chi connectivity index (χ3n) is 5.57. The molecule has 1 atom stereocenters. The predicted molar refractivity (Wildman–Crippen MR) is 148 cm³/mol. The lowest BCUT2D eigenvalue weighted by molar-refractivity contribution is -0.115. The summed E-state index contributed by atoms with van der Waals surface area (Å²) in [4.78, 5) is 16.9. The summed E-state index contributed by atoms with van der Waals surface area (Å²) in [6, 6.07) is 18.6. The molecule has 0 unspecified atom stereocenters. The van der Waals surface area contributed by atoms with E-state index in [9.17, 15) is 4.79 Å². The van der Waals surface area contributed by atoms with Crippen molar-refractivity contribution in [2.75, 3.05) is 5.32 Å². The Labute approximate surface area is 219 Å². The van der Waals surface area contributed by atoms with Gasteiger partial charge in [0.25, 0.3) is 0 Å². The Hall–Kier alpha value is -3.19. The molecule has 4 rings (SSSR count). The van der Waals surface area contributed by atoms with Crippen LogP contribution in [0.2, 0.25) is 10.0 Å². The summed E-state index contributed by atoms with van der Waals surface area (Å²) in [7, 11) is 0. The van der Waals surface area contributed by atoms with Crippen molar-refractivity contribution in [2.24, 2.45) is 0 Å². The fourth-order valence-electron chi connectivity index (χ4n) is 3.46. The highest BCUT2D eigenvalue weighted by Gasteiger charge is 2.12. The first kappa shape index (κ1) is 24.9. The second kappa shape index (κ2) is 11.0. The number of halogens is 2. The zero-order valence-electron chi connectivity index (χ0n) is 19.1. The van der Waals surface area contributed by atoms with Gasteiger partial charge in [-0.2, -0.15) is 0 Å². The normalized spacial score (nSPS) is 12.1. The summed E-state index contributed by atoms with van der Waals surface area (Å²) in [6.07, 6.45) is 4.01. The number of hydrogen-bond donors (Lipinski definition) is 2. The first-order valence-corrected chi connectivity index (χ1v) is 12.2. The molecule has 178 valence electrons. The van der Waals surface area contributed by atoms with Gasteiger partial charge >= 0.3 is 0 Å². The van der Waals surface area contributed by atoms with Gasteiger partial charge in [-0.15, -0.1) is 0 Å². The maximum Gasteiger partial charge on any atom is 0.250 e. The zero-order chi connectivity index (χ0) is 24.9. The molecular formula is C27H23Cl2N3O2S. The maximum absolute atomic E-state index is 12.3. The van der Waals surface area contributed by atoms with Crippen molar-refractivity contribution in [3.63, 3.8) is 0 Å². The van der Waals surface area contributed by atoms with Gasteiger partial charge in [-0.3, -0.25) is 10.1 Å². The first-order valence-electron chi connectivity index (χ1n) is 11.1. The fourth-order valence-corrected chi connectivity index (χ4v) is 4.15. The van der Waals surface area contributed by atoms with E-state index in [-0.39, 0.29) is 11.0 Å². The molecule has 0 aliphatic heterocycles. The van der Waals surface area contributed by atoms with Gasteiger partial charge in [-0.25, -0.2) is 4.98 Å². The second-order valence-corrected chi connectivity index (χ2v) is 9.33. The molecule has 1 amide bonds. The van der Waals surface area contributed by atoms with E-state index in [1.54, 1.807) is 24.3 Å². The second-order valence-electron chi connectivity index (χ2n) is 8.08. The average molecular weight is 524 g/mol. The number of carbonyl (C=O) groups is 1. The van der Waals surface area contributed by atoms with Crippen molar-refractivity contribution in [3.05, 3.63) is 87.9 Å². The van der Waals surface area contributed by atoms with Crippen molar-refractivity contribution in [1.29, 1.82) is 0 Å². The standard InChI is InChI=1S/C27H23Cl2N3O2S/c1-3-16(2)18-8-11-24-23(14-18)31-26(34-24)19-5-4-6-21(13-19)30-27(35)32-25(33)12-9-17-7-10-20(28)15-22(17)29/h4-16H,3H2,1-2H3,(H2,30,32,33,35)/b12-9+/t16-/m1/s1. The van der Waals surface area contributed by atoms with E-state index in [1.807, 2.05) is 30.3 Å². The molecule has 3 aromatic carbocycles. The Balaban J connectivity index is 1.43. The van der Waals surface area contributed by atoms with E-state index in [0.29, 0.717) is 33.1 Å². The van der Waals surface area contributed by atoms with Gasteiger partial charge in [0.1, 0.15) is 5.52 Å². The number of thiocarbonyl (C=S) groups is 1. The molecule has 35 heavy (non-hydrogen) atoms. The van der Waals surface area contributed by atoms with Crippen LogP contribution in [0.4, 0.5) is 5.69 Å². The molecule has 5 nitrogen and oxygen atoms in total. The molecule has 8 heteroatoms. The fraction of sp³-hybridized carbons (Fsp3) is 0.148. The van der Waals surface area contributed by atoms with E-state index in [2.05, 4.69) is 41.6 Å². The molecule has 0 spiro atoms. The molecule has 2 N–H and O–H groups in total. The van der Waals surface area contributed by atoms with Gasteiger partial charge in [0.05, 0.1) is 0 Å². The van der Waals surface area contributed by atoms with Crippen molar-refractivity contribution in [3.8, 4) is 11.5 Å². The van der Waals surface area contributed by atoms with E-state index in [0.717, 1.165) is 23.1 Å². The molecule has 0 aliphatic rings. The highest BCUT2D eigenvalue weighted by molar-refractivity contribution is 7.80. The Morgan fingerprint density at radius 2 is 1.97 bits per heavy atom. The molecule has 0 fully saturated rings. The number of nitrogens with zero attached hydrogens (tertiary/aromatic N) is 1. The number of oxazole rings is 1. The minimum Gasteiger partial charge on any atom is -0.436 e. The van der Waals surface area contributed by atoms with Crippen LogP contribution in [0.15, 0.2) is 71.2 Å². The van der Waals surface area contributed by atoms with E-state index >= 15 is 0 Å². The topological polar surface area (TPSA) is 67.2 Å². The SMILES string of the molecule is CC[C@@H](C)c1ccc2oc(-c3cccc(NC(=S)NC(=O)/C=C/c4ccc(Cl)cc4Cl)c3)nc2c1. The molecule has 0 saturated carbocycles. The summed E-state index contributed by atoms with van der Waals surface area (Å²) in [6.45, 7) is 4.36. The number of carbonyl (C=O) groups excluding carboxylic acids is 1. The number of hydrogen-bond acceptors (Lipinski definition) is 4. The molecule has 1 heterocycles. The Kier molecular flexibility index (Phi) is 7.86. The maximum atomic E-state index is 12.3. The number of amides is 1. The molecule has 0 radical (unpaired) electrons. The largest absolute Gasteiger partial charge is 0.436 e. The van der Waals surface area contributed by atoms with Gasteiger partial charge in [-0.1, -0.05) is 55.2 Å². The number of nitrogens with one attached hydrogen (secondary N) is 2. The van der Waals surface area contributed by atoms with Crippen molar-refractivity contribution in [1.82, 2.24) is 10.3 Å². The van der Waals surface area contributed by atoms with Crippen LogP contribution in [-0.4, -0.2) is 16.0 Å². The summed E-state index contributed by atoms with van der Waals surface area (Å²) in [5.74, 6) is 0.588. The summed E-state index contributed by atoms with van der Waals surface area (Å²) in [5, 5.41) is 6.78. The van der Waals surface area contributed by atoms with E-state index in [4.69, 9.17) is 39.8 Å². The number of benzene rings is 3. The monoisotopic (exact) mass is 523 g/mol. The van der Waals surface area contributed by atoms with Crippen LogP contribution < -0.4 is 10.6 Å². The first-order chi connectivity index (χ1) is 16.8. The Morgan fingerprint density at radius 1 is 1.14 bits per heavy atom. The Morgan fingerprint density at radius 3 is 2.74 bits per heavy atom. The minimum absolute atomic E-state index is 0.162. The Bertz CT molecular complexity index is 1430. The van der Waals surface area contributed by atoms with Crippen LogP contribution in [0.5, 0.6) is 0 Å². The van der Waals surface area contributed by atoms with Gasteiger partial charge in [0.15, 0.2) is 10.7 Å². The van der Waals surface area contributed by atoms with Gasteiger partial charge in [0.2, 0.25) is 11.8 Å². The van der Waals surface area contributed by atoms with Crippen LogP contribution in [0.1, 0.15) is 37.3 Å². The number of anilines is 1. The number of aromatic nitrogens is 1. The molecule has 0 saturated heterocycles. The van der Waals surface area contributed by atoms with Gasteiger partial charge in [0, 0.05) is 27.4 Å². The van der Waals surface area contributed by atoms with Gasteiger partial charge < -0.3 is 9.73 Å². The highest BCUT2D eigenvalue weighted by atomic mass is 35.5. The van der Waals surface area contributed by atoms with E-state index < -0.39 is 0 Å². The van der Waals surface area contributed by atoms with Crippen LogP contribution >= 0.6 is 35.4 Å². The van der Waals surface area contributed by atoms with E-state index in [1.165, 1.54) is 11.6 Å². The third-order valence-corrected chi connectivity index (χ3v) is 6.34. The highest BCUT2D eigenvalue weighted by Crippen LogP contribution is 2.29. The summed E-state index contributed by atoms with van der Waals surface area (Å²) < 4.78 is 5.97. The van der Waals surface area contributed by atoms with Crippen LogP contribution in [0.25, 0.3) is 28.6 Å². The lowest BCUT2D eigenvalue weighted by Crippen LogP contribution is -2.32. The average Bonchev–Trinajstić information content (AvgIpc) is 3.26. The number of rotatable bonds is 6. The third kappa shape index (κ3) is 6.28. The minimum atomic E-state index is -0.388. The van der Waals surface area contributed by atoms with Crippen LogP contribution in [0.3, 0.4) is 0 Å². The van der Waals surface area contributed by atoms with Gasteiger partial charge in [-0.05, 0) is 84.2 Å². The predicted octanol–water partition coefficient (Wildman–Crippen LogP) is 7.84. The lowest BCUT2D eigenvalue weighted by Gasteiger charge is -2.09. The molecule has 4 aromatic rings. The smallest absolute Gasteiger partial charge is 0.250 e. The molecule has 0 aliphatic carbocycles. The van der Waals surface area contributed by atoms with Crippen LogP contribution in [-0.2, 0) is 4.79 Å². The lowest BCUT2D eigenvalue weighted by atomic mass is 9.98. The van der Waals surface area contributed by atoms with Crippen LogP contribution in [0, 0.1) is 0 Å². The molecule has 0 bridgehead atoms. The van der Waals surface area contributed by atoms with Crippen molar-refractivity contribution in [2.45, 2.75) is 26.2 Å². The quantitative estimate of drug-likeness (QED) is 0.199.